The number of halogens is 3. The van der Waals surface area contributed by atoms with Crippen LogP contribution in [-0.2, 0) is 0 Å². The maximum atomic E-state index is 12.7. The van der Waals surface area contributed by atoms with E-state index in [-0.39, 0.29) is 5.82 Å². The molecular weight excluding hydrogens is 444 g/mol. The van der Waals surface area contributed by atoms with Crippen LogP contribution in [0.4, 0.5) is 14.9 Å². The minimum absolute atomic E-state index is 0.369. The van der Waals surface area contributed by atoms with Crippen LogP contribution < -0.4 is 10.7 Å². The van der Waals surface area contributed by atoms with Crippen LogP contribution in [0.2, 0.25) is 0 Å². The van der Waals surface area contributed by atoms with E-state index in [0.717, 1.165) is 4.47 Å². The third kappa shape index (κ3) is 4.30. The van der Waals surface area contributed by atoms with Crippen molar-refractivity contribution in [3.8, 4) is 0 Å². The first kappa shape index (κ1) is 15.0. The fourth-order valence-corrected chi connectivity index (χ4v) is 1.99. The summed E-state index contributed by atoms with van der Waals surface area (Å²) in [6.07, 6.45) is 1.37. The molecule has 2 rings (SSSR count). The van der Waals surface area contributed by atoms with Crippen LogP contribution in [0.3, 0.4) is 0 Å². The predicted molar refractivity (Wildman–Crippen MR) is 85.3 cm³/mol. The molecule has 1 aromatic carbocycles. The van der Waals surface area contributed by atoms with Gasteiger partial charge in [0.05, 0.1) is 10.7 Å². The van der Waals surface area contributed by atoms with Gasteiger partial charge in [0.2, 0.25) is 0 Å². The summed E-state index contributed by atoms with van der Waals surface area (Å²) < 4.78 is 19.5. The zero-order valence-electron chi connectivity index (χ0n) is 9.86. The number of amides is 2. The van der Waals surface area contributed by atoms with Gasteiger partial charge in [-0.05, 0) is 40.2 Å². The van der Waals surface area contributed by atoms with Gasteiger partial charge < -0.3 is 9.73 Å². The smallest absolute Gasteiger partial charge is 0.339 e. The zero-order valence-corrected chi connectivity index (χ0v) is 13.6. The van der Waals surface area contributed by atoms with E-state index in [4.69, 9.17) is 4.42 Å². The van der Waals surface area contributed by atoms with Crippen LogP contribution in [0.5, 0.6) is 0 Å². The lowest BCUT2D eigenvalue weighted by atomic mass is 10.3. The number of rotatable bonds is 3. The van der Waals surface area contributed by atoms with Crippen molar-refractivity contribution in [2.24, 2.45) is 5.10 Å². The number of anilines is 1. The Balaban J connectivity index is 1.87. The molecule has 0 radical (unpaired) electrons. The summed E-state index contributed by atoms with van der Waals surface area (Å²) in [5.41, 5.74) is 2.74. The van der Waals surface area contributed by atoms with Crippen molar-refractivity contribution in [3.63, 3.8) is 0 Å². The first-order valence-electron chi connectivity index (χ1n) is 5.35. The third-order valence-corrected chi connectivity index (χ3v) is 4.26. The number of nitrogens with zero attached hydrogens (tertiary/aromatic N) is 1. The van der Waals surface area contributed by atoms with E-state index >= 15 is 0 Å². The van der Waals surface area contributed by atoms with Gasteiger partial charge >= 0.3 is 6.03 Å². The van der Waals surface area contributed by atoms with E-state index < -0.39 is 6.03 Å². The van der Waals surface area contributed by atoms with E-state index in [1.54, 1.807) is 6.07 Å². The lowest BCUT2D eigenvalue weighted by Gasteiger charge is -2.03. The van der Waals surface area contributed by atoms with Gasteiger partial charge in [0.25, 0.3) is 0 Å². The summed E-state index contributed by atoms with van der Waals surface area (Å²) in [5.74, 6) is 0.135. The van der Waals surface area contributed by atoms with Crippen LogP contribution >= 0.6 is 38.5 Å². The van der Waals surface area contributed by atoms with Crippen molar-refractivity contribution in [1.29, 1.82) is 0 Å². The Hall–Kier alpha value is -1.42. The molecule has 5 nitrogen and oxygen atoms in total. The van der Waals surface area contributed by atoms with Gasteiger partial charge in [0, 0.05) is 34.3 Å². The number of nitrogens with one attached hydrogen (secondary N) is 2. The van der Waals surface area contributed by atoms with Gasteiger partial charge in [-0.1, -0.05) is 0 Å². The molecule has 0 unspecified atom stereocenters. The molecule has 0 saturated heterocycles. The molecule has 2 aromatic rings. The maximum Gasteiger partial charge on any atom is 0.339 e. The Kier molecular flexibility index (Phi) is 5.12. The standard InChI is InChI=1S/C12H8BrFIN3O2/c13-10-5-9(20-11(10)15)6-16-18-12(19)17-8-3-1-7(14)2-4-8/h1-6H,(H2,17,18,19)/b16-6+. The van der Waals surface area contributed by atoms with Gasteiger partial charge in [0.1, 0.15) is 11.6 Å². The largest absolute Gasteiger partial charge is 0.448 e. The minimum Gasteiger partial charge on any atom is -0.448 e. The fourth-order valence-electron chi connectivity index (χ4n) is 1.27. The van der Waals surface area contributed by atoms with E-state index in [0.29, 0.717) is 15.2 Å². The van der Waals surface area contributed by atoms with E-state index in [9.17, 15) is 9.18 Å². The summed E-state index contributed by atoms with van der Waals surface area (Å²) in [6.45, 7) is 0. The van der Waals surface area contributed by atoms with E-state index in [2.05, 4.69) is 31.8 Å². The summed E-state index contributed by atoms with van der Waals surface area (Å²) >= 11 is 5.32. The lowest BCUT2D eigenvalue weighted by Crippen LogP contribution is -2.24. The molecule has 0 aliphatic rings. The topological polar surface area (TPSA) is 66.6 Å². The Morgan fingerprint density at radius 2 is 2.10 bits per heavy atom. The molecule has 0 saturated carbocycles. The van der Waals surface area contributed by atoms with Gasteiger partial charge in [0.15, 0.2) is 3.77 Å². The van der Waals surface area contributed by atoms with Gasteiger partial charge in [-0.25, -0.2) is 14.6 Å². The zero-order chi connectivity index (χ0) is 14.5. The van der Waals surface area contributed by atoms with Crippen LogP contribution in [0.1, 0.15) is 5.76 Å². The molecule has 2 N–H and O–H groups in total. The molecule has 0 bridgehead atoms. The summed E-state index contributed by atoms with van der Waals surface area (Å²) in [5, 5.41) is 6.23. The SMILES string of the molecule is O=C(N/N=C/c1cc(Br)c(I)o1)Nc1ccc(F)cc1. The van der Waals surface area contributed by atoms with Crippen molar-refractivity contribution >= 4 is 56.5 Å². The summed E-state index contributed by atoms with van der Waals surface area (Å²) in [7, 11) is 0. The van der Waals surface area contributed by atoms with Crippen LogP contribution in [0.25, 0.3) is 0 Å². The van der Waals surface area contributed by atoms with Crippen LogP contribution in [0.15, 0.2) is 44.3 Å². The highest BCUT2D eigenvalue weighted by Crippen LogP contribution is 2.21. The number of hydrogen-bond acceptors (Lipinski definition) is 3. The number of urea groups is 1. The normalized spacial score (nSPS) is 10.8. The second-order valence-corrected chi connectivity index (χ2v) is 5.44. The number of carbonyl (C=O) groups is 1. The second-order valence-electron chi connectivity index (χ2n) is 3.60. The van der Waals surface area contributed by atoms with E-state index in [1.165, 1.54) is 30.5 Å². The predicted octanol–water partition coefficient (Wildman–Crippen LogP) is 3.94. The number of furan rings is 1. The molecule has 1 aromatic heterocycles. The number of hydrogen-bond donors (Lipinski definition) is 2. The van der Waals surface area contributed by atoms with Crippen LogP contribution in [-0.4, -0.2) is 12.2 Å². The minimum atomic E-state index is -0.534. The average molecular weight is 452 g/mol. The lowest BCUT2D eigenvalue weighted by molar-refractivity contribution is 0.252. The Morgan fingerprint density at radius 1 is 1.40 bits per heavy atom. The van der Waals surface area contributed by atoms with Crippen molar-refractivity contribution in [2.75, 3.05) is 5.32 Å². The molecule has 0 spiro atoms. The van der Waals surface area contributed by atoms with Crippen molar-refractivity contribution < 1.29 is 13.6 Å². The first-order valence-corrected chi connectivity index (χ1v) is 7.22. The number of carbonyl (C=O) groups excluding carboxylic acids is 1. The average Bonchev–Trinajstić information content (AvgIpc) is 2.71. The van der Waals surface area contributed by atoms with Gasteiger partial charge in [-0.3, -0.25) is 0 Å². The third-order valence-electron chi connectivity index (χ3n) is 2.12. The van der Waals surface area contributed by atoms with Gasteiger partial charge in [-0.2, -0.15) is 5.10 Å². The Labute approximate surface area is 135 Å². The van der Waals surface area contributed by atoms with Crippen LogP contribution in [0, 0.1) is 9.58 Å². The highest BCUT2D eigenvalue weighted by atomic mass is 127. The molecule has 8 heteroatoms. The molecule has 0 atom stereocenters. The highest BCUT2D eigenvalue weighted by molar-refractivity contribution is 14.1. The Morgan fingerprint density at radius 3 is 2.70 bits per heavy atom. The highest BCUT2D eigenvalue weighted by Gasteiger charge is 2.04. The molecule has 1 heterocycles. The fraction of sp³-hybridized carbons (Fsp3) is 0. The monoisotopic (exact) mass is 451 g/mol. The maximum absolute atomic E-state index is 12.7. The van der Waals surface area contributed by atoms with Gasteiger partial charge in [-0.15, -0.1) is 0 Å². The first-order chi connectivity index (χ1) is 9.54. The molecule has 0 aliphatic carbocycles. The molecule has 2 amide bonds. The molecule has 20 heavy (non-hydrogen) atoms. The van der Waals surface area contributed by atoms with Crippen molar-refractivity contribution in [3.05, 3.63) is 50.1 Å². The van der Waals surface area contributed by atoms with E-state index in [1.807, 2.05) is 22.6 Å². The molecule has 0 aliphatic heterocycles. The summed E-state index contributed by atoms with van der Waals surface area (Å²) in [6, 6.07) is 6.59. The molecule has 104 valence electrons. The van der Waals surface area contributed by atoms with Crippen molar-refractivity contribution in [1.82, 2.24) is 5.43 Å². The quantitative estimate of drug-likeness (QED) is 0.421. The molecular formula is C12H8BrFIN3O2. The second kappa shape index (κ2) is 6.84. The number of benzene rings is 1. The Bertz CT molecular complexity index is 623. The number of hydrazone groups is 1. The molecule has 0 fully saturated rings. The van der Waals surface area contributed by atoms with Crippen molar-refractivity contribution in [2.45, 2.75) is 0 Å². The summed E-state index contributed by atoms with van der Waals surface area (Å²) in [4.78, 5) is 11.5.